The van der Waals surface area contributed by atoms with E-state index in [1.807, 2.05) is 0 Å². The monoisotopic (exact) mass is 254 g/mol. The maximum atomic E-state index is 12.4. The Balaban J connectivity index is 2.00. The summed E-state index contributed by atoms with van der Waals surface area (Å²) in [5.74, 6) is -0.391. The number of primary amides is 1. The molecule has 3 atom stereocenters. The summed E-state index contributed by atoms with van der Waals surface area (Å²) in [5, 5.41) is 6.49. The van der Waals surface area contributed by atoms with Gasteiger partial charge in [-0.05, 0) is 26.2 Å². The Bertz CT molecular complexity index is 326. The molecule has 3 unspecified atom stereocenters. The highest BCUT2D eigenvalue weighted by Crippen LogP contribution is 2.18. The second-order valence-electron chi connectivity index (χ2n) is 5.22. The van der Waals surface area contributed by atoms with Crippen LogP contribution in [0, 0.1) is 0 Å². The fourth-order valence-corrected chi connectivity index (χ4v) is 2.65. The minimum Gasteiger partial charge on any atom is -0.368 e. The Morgan fingerprint density at radius 2 is 2.00 bits per heavy atom. The second kappa shape index (κ2) is 5.67. The molecule has 18 heavy (non-hydrogen) atoms. The number of likely N-dealkylation sites (tertiary alicyclic amines) is 1. The number of nitrogens with one attached hydrogen (secondary N) is 2. The van der Waals surface area contributed by atoms with Crippen LogP contribution in [0.3, 0.4) is 0 Å². The lowest BCUT2D eigenvalue weighted by atomic mass is 10.00. The molecule has 0 saturated carbocycles. The largest absolute Gasteiger partial charge is 0.368 e. The first-order valence-electron chi connectivity index (χ1n) is 6.66. The molecule has 0 aliphatic carbocycles. The van der Waals surface area contributed by atoms with E-state index in [2.05, 4.69) is 17.6 Å². The molecule has 6 nitrogen and oxygen atoms in total. The molecule has 2 saturated heterocycles. The number of nitrogens with two attached hydrogens (primary N) is 1. The number of hydrogen-bond acceptors (Lipinski definition) is 4. The molecule has 102 valence electrons. The summed E-state index contributed by atoms with van der Waals surface area (Å²) in [5.41, 5.74) is 5.38. The lowest BCUT2D eigenvalue weighted by Crippen LogP contribution is -2.62. The first kappa shape index (κ1) is 13.3. The molecule has 2 heterocycles. The molecular weight excluding hydrogens is 232 g/mol. The average Bonchev–Trinajstić information content (AvgIpc) is 2.39. The maximum Gasteiger partial charge on any atom is 0.241 e. The fourth-order valence-electron chi connectivity index (χ4n) is 2.65. The van der Waals surface area contributed by atoms with Crippen molar-refractivity contribution >= 4 is 11.8 Å². The summed E-state index contributed by atoms with van der Waals surface area (Å²) in [6.07, 6.45) is 2.61. The number of piperazine rings is 1. The number of carbonyl (C=O) groups is 2. The van der Waals surface area contributed by atoms with Gasteiger partial charge in [-0.1, -0.05) is 0 Å². The summed E-state index contributed by atoms with van der Waals surface area (Å²) in [7, 11) is 0. The van der Waals surface area contributed by atoms with E-state index in [0.717, 1.165) is 19.4 Å². The van der Waals surface area contributed by atoms with Gasteiger partial charge < -0.3 is 21.3 Å². The number of nitrogens with zero attached hydrogens (tertiary/aromatic N) is 1. The summed E-state index contributed by atoms with van der Waals surface area (Å²) in [4.78, 5) is 25.4. The number of amides is 2. The van der Waals surface area contributed by atoms with E-state index in [4.69, 9.17) is 5.73 Å². The third-order valence-electron chi connectivity index (χ3n) is 3.75. The first-order valence-corrected chi connectivity index (χ1v) is 6.66. The second-order valence-corrected chi connectivity index (χ2v) is 5.22. The molecule has 2 aliphatic heterocycles. The molecule has 0 aromatic rings. The summed E-state index contributed by atoms with van der Waals surface area (Å²) >= 11 is 0. The molecule has 0 aromatic carbocycles. The molecule has 0 bridgehead atoms. The van der Waals surface area contributed by atoms with E-state index >= 15 is 0 Å². The number of piperidine rings is 1. The van der Waals surface area contributed by atoms with Crippen molar-refractivity contribution in [1.29, 1.82) is 0 Å². The van der Waals surface area contributed by atoms with Gasteiger partial charge in [0.25, 0.3) is 0 Å². The Kier molecular flexibility index (Phi) is 4.19. The normalized spacial score (nSPS) is 33.2. The first-order chi connectivity index (χ1) is 8.59. The topological polar surface area (TPSA) is 87.5 Å². The third kappa shape index (κ3) is 2.81. The molecular formula is C12H22N4O2. The SMILES string of the molecule is CC1CNC(C(=O)N2CCCCC2C(N)=O)CN1. The van der Waals surface area contributed by atoms with Gasteiger partial charge in [-0.15, -0.1) is 0 Å². The Hall–Kier alpha value is -1.14. The number of carbonyl (C=O) groups excluding carboxylic acids is 2. The van der Waals surface area contributed by atoms with E-state index in [9.17, 15) is 9.59 Å². The molecule has 6 heteroatoms. The van der Waals surface area contributed by atoms with Gasteiger partial charge in [-0.25, -0.2) is 0 Å². The smallest absolute Gasteiger partial charge is 0.241 e. The molecule has 0 aromatic heterocycles. The van der Waals surface area contributed by atoms with Crippen LogP contribution in [-0.2, 0) is 9.59 Å². The van der Waals surface area contributed by atoms with Crippen LogP contribution < -0.4 is 16.4 Å². The van der Waals surface area contributed by atoms with Crippen molar-refractivity contribution in [2.24, 2.45) is 5.73 Å². The highest BCUT2D eigenvalue weighted by atomic mass is 16.2. The zero-order chi connectivity index (χ0) is 13.1. The van der Waals surface area contributed by atoms with E-state index in [0.29, 0.717) is 25.6 Å². The lowest BCUT2D eigenvalue weighted by molar-refractivity contribution is -0.143. The predicted molar refractivity (Wildman–Crippen MR) is 67.8 cm³/mol. The van der Waals surface area contributed by atoms with Gasteiger partial charge in [0.05, 0.1) is 6.04 Å². The Morgan fingerprint density at radius 1 is 1.22 bits per heavy atom. The van der Waals surface area contributed by atoms with E-state index in [1.54, 1.807) is 4.90 Å². The fraction of sp³-hybridized carbons (Fsp3) is 0.833. The third-order valence-corrected chi connectivity index (χ3v) is 3.75. The van der Waals surface area contributed by atoms with Crippen molar-refractivity contribution in [3.05, 3.63) is 0 Å². The van der Waals surface area contributed by atoms with Crippen molar-refractivity contribution < 1.29 is 9.59 Å². The van der Waals surface area contributed by atoms with Crippen LogP contribution in [0.2, 0.25) is 0 Å². The van der Waals surface area contributed by atoms with Crippen molar-refractivity contribution in [3.8, 4) is 0 Å². The lowest BCUT2D eigenvalue weighted by Gasteiger charge is -2.38. The van der Waals surface area contributed by atoms with Crippen LogP contribution in [-0.4, -0.2) is 54.5 Å². The van der Waals surface area contributed by atoms with Gasteiger partial charge >= 0.3 is 0 Å². The zero-order valence-corrected chi connectivity index (χ0v) is 10.8. The van der Waals surface area contributed by atoms with Gasteiger partial charge in [0.2, 0.25) is 11.8 Å². The van der Waals surface area contributed by atoms with Crippen LogP contribution in [0.15, 0.2) is 0 Å². The van der Waals surface area contributed by atoms with E-state index in [1.165, 1.54) is 0 Å². The van der Waals surface area contributed by atoms with Crippen molar-refractivity contribution in [2.75, 3.05) is 19.6 Å². The van der Waals surface area contributed by atoms with Crippen molar-refractivity contribution in [1.82, 2.24) is 15.5 Å². The summed E-state index contributed by atoms with van der Waals surface area (Å²) in [6.45, 7) is 4.09. The Morgan fingerprint density at radius 3 is 2.61 bits per heavy atom. The quantitative estimate of drug-likeness (QED) is 0.578. The molecule has 2 fully saturated rings. The zero-order valence-electron chi connectivity index (χ0n) is 10.8. The van der Waals surface area contributed by atoms with E-state index < -0.39 is 6.04 Å². The van der Waals surface area contributed by atoms with E-state index in [-0.39, 0.29) is 17.9 Å². The summed E-state index contributed by atoms with van der Waals surface area (Å²) in [6, 6.07) is -0.282. The van der Waals surface area contributed by atoms with Crippen molar-refractivity contribution in [2.45, 2.75) is 44.3 Å². The van der Waals surface area contributed by atoms with Crippen LogP contribution in [0.25, 0.3) is 0 Å². The minimum atomic E-state index is -0.424. The average molecular weight is 254 g/mol. The predicted octanol–water partition coefficient (Wildman–Crippen LogP) is -1.20. The number of rotatable bonds is 2. The van der Waals surface area contributed by atoms with Gasteiger partial charge in [0.15, 0.2) is 0 Å². The maximum absolute atomic E-state index is 12.4. The van der Waals surface area contributed by atoms with Crippen LogP contribution in [0.5, 0.6) is 0 Å². The van der Waals surface area contributed by atoms with Gasteiger partial charge in [0.1, 0.15) is 6.04 Å². The van der Waals surface area contributed by atoms with Gasteiger partial charge in [-0.2, -0.15) is 0 Å². The highest BCUT2D eigenvalue weighted by Gasteiger charge is 2.35. The molecule has 2 rings (SSSR count). The van der Waals surface area contributed by atoms with Crippen LogP contribution in [0.1, 0.15) is 26.2 Å². The standard InChI is InChI=1S/C12H22N4O2/c1-8-6-15-9(7-14-8)12(18)16-5-3-2-4-10(16)11(13)17/h8-10,14-15H,2-7H2,1H3,(H2,13,17). The highest BCUT2D eigenvalue weighted by molar-refractivity contribution is 5.89. The van der Waals surface area contributed by atoms with Gasteiger partial charge in [-0.3, -0.25) is 9.59 Å². The molecule has 0 radical (unpaired) electrons. The summed E-state index contributed by atoms with van der Waals surface area (Å²) < 4.78 is 0. The molecule has 0 spiro atoms. The molecule has 2 aliphatic rings. The van der Waals surface area contributed by atoms with Crippen molar-refractivity contribution in [3.63, 3.8) is 0 Å². The Labute approximate surface area is 107 Å². The number of hydrogen-bond donors (Lipinski definition) is 3. The van der Waals surface area contributed by atoms with Gasteiger partial charge in [0, 0.05) is 25.7 Å². The van der Waals surface area contributed by atoms with Crippen LogP contribution >= 0.6 is 0 Å². The molecule has 2 amide bonds. The van der Waals surface area contributed by atoms with Crippen LogP contribution in [0.4, 0.5) is 0 Å². The minimum absolute atomic E-state index is 0.00194. The molecule has 4 N–H and O–H groups in total.